The van der Waals surface area contributed by atoms with Crippen molar-refractivity contribution in [2.45, 2.75) is 64.3 Å². The third kappa shape index (κ3) is 9.04. The molecule has 0 saturated carbocycles. The zero-order chi connectivity index (χ0) is 13.8. The van der Waals surface area contributed by atoms with Gasteiger partial charge < -0.3 is 0 Å². The van der Waals surface area contributed by atoms with Gasteiger partial charge >= 0.3 is 0 Å². The van der Waals surface area contributed by atoms with Crippen LogP contribution in [0.5, 0.6) is 0 Å². The zero-order valence-electron chi connectivity index (χ0n) is 11.5. The van der Waals surface area contributed by atoms with Crippen LogP contribution in [0.3, 0.4) is 0 Å². The summed E-state index contributed by atoms with van der Waals surface area (Å²) < 4.78 is 0. The van der Waals surface area contributed by atoms with Gasteiger partial charge in [0.05, 0.1) is 0 Å². The third-order valence-electron chi connectivity index (χ3n) is 3.11. The number of unbranched alkanes of at least 4 members (excludes halogenated alkanes) is 1. The molecule has 0 aliphatic heterocycles. The van der Waals surface area contributed by atoms with E-state index in [1.54, 1.807) is 0 Å². The first kappa shape index (κ1) is 17.0. The predicted molar refractivity (Wildman–Crippen MR) is 75.4 cm³/mol. The minimum Gasteiger partial charge on any atom is -0.264 e. The van der Waals surface area contributed by atoms with Crippen LogP contribution in [0.25, 0.3) is 0 Å². The van der Waals surface area contributed by atoms with Gasteiger partial charge in [0.1, 0.15) is 0 Å². The lowest BCUT2D eigenvalue weighted by Gasteiger charge is -2.11. The van der Waals surface area contributed by atoms with E-state index >= 15 is 0 Å². The van der Waals surface area contributed by atoms with Crippen LogP contribution in [0.4, 0.5) is 0 Å². The zero-order valence-corrected chi connectivity index (χ0v) is 11.5. The number of hydrogen-bond acceptors (Lipinski definition) is 2. The highest BCUT2D eigenvalue weighted by Gasteiger charge is 2.19. The molecule has 0 aliphatic carbocycles. The fraction of sp³-hybridized carbons (Fsp3) is 0.733. The lowest BCUT2D eigenvalue weighted by atomic mass is 9.96. The summed E-state index contributed by atoms with van der Waals surface area (Å²) in [5.74, 6) is 5.85. The molecule has 18 heavy (non-hydrogen) atoms. The summed E-state index contributed by atoms with van der Waals surface area (Å²) in [5.41, 5.74) is 0. The van der Waals surface area contributed by atoms with Crippen LogP contribution < -0.4 is 0 Å². The van der Waals surface area contributed by atoms with Gasteiger partial charge in [-0.25, -0.2) is 0 Å². The second-order valence-corrected chi connectivity index (χ2v) is 4.77. The van der Waals surface area contributed by atoms with E-state index in [0.717, 1.165) is 32.1 Å². The molecule has 0 aromatic carbocycles. The number of nitrogens with zero attached hydrogens (tertiary/aromatic N) is 1. The molecule has 3 nitrogen and oxygen atoms in total. The second-order valence-electron chi connectivity index (χ2n) is 4.77. The monoisotopic (exact) mass is 251 g/mol. The summed E-state index contributed by atoms with van der Waals surface area (Å²) in [6.45, 7) is 9.62. The average molecular weight is 251 g/mol. The van der Waals surface area contributed by atoms with Crippen molar-refractivity contribution in [2.24, 2.45) is 5.92 Å². The van der Waals surface area contributed by atoms with Crippen LogP contribution in [0, 0.1) is 41.7 Å². The summed E-state index contributed by atoms with van der Waals surface area (Å²) in [6, 6.07) is -0.412. The molecule has 0 heterocycles. The van der Waals surface area contributed by atoms with Gasteiger partial charge in [-0.15, -0.1) is 11.8 Å². The maximum absolute atomic E-state index is 10.9. The van der Waals surface area contributed by atoms with Crippen LogP contribution >= 0.6 is 0 Å². The molecule has 0 N–H and O–H groups in total. The second kappa shape index (κ2) is 11.1. The van der Waals surface area contributed by atoms with Crippen molar-refractivity contribution in [1.29, 1.82) is 0 Å². The van der Waals surface area contributed by atoms with Crippen molar-refractivity contribution in [2.75, 3.05) is 0 Å². The van der Waals surface area contributed by atoms with Crippen LogP contribution in [0.15, 0.2) is 0 Å². The Bertz CT molecular complexity index is 278. The molecular formula is C15H25NO2. The van der Waals surface area contributed by atoms with Crippen molar-refractivity contribution in [3.05, 3.63) is 24.0 Å². The first-order valence-corrected chi connectivity index (χ1v) is 6.83. The maximum atomic E-state index is 10.9. The van der Waals surface area contributed by atoms with E-state index in [1.165, 1.54) is 0 Å². The molecule has 0 bridgehead atoms. The first-order valence-electron chi connectivity index (χ1n) is 6.83. The van der Waals surface area contributed by atoms with Gasteiger partial charge in [-0.2, -0.15) is 0 Å². The minimum absolute atomic E-state index is 0.143. The van der Waals surface area contributed by atoms with E-state index in [2.05, 4.69) is 32.6 Å². The van der Waals surface area contributed by atoms with Crippen molar-refractivity contribution in [3.63, 3.8) is 0 Å². The molecule has 0 aromatic rings. The summed E-state index contributed by atoms with van der Waals surface area (Å²) in [6.07, 6.45) is 6.94. The molecular weight excluding hydrogens is 226 g/mol. The van der Waals surface area contributed by atoms with E-state index in [9.17, 15) is 10.1 Å². The predicted octanol–water partition coefficient (Wildman–Crippen LogP) is 4.06. The highest BCUT2D eigenvalue weighted by molar-refractivity contribution is 5.00. The summed E-state index contributed by atoms with van der Waals surface area (Å²) in [5, 5.41) is 10.9. The first-order chi connectivity index (χ1) is 8.61. The highest BCUT2D eigenvalue weighted by Crippen LogP contribution is 2.17. The quantitative estimate of drug-likeness (QED) is 0.254. The summed E-state index contributed by atoms with van der Waals surface area (Å²) >= 11 is 0. The number of rotatable bonds is 10. The van der Waals surface area contributed by atoms with E-state index in [1.807, 2.05) is 0 Å². The van der Waals surface area contributed by atoms with Gasteiger partial charge in [0.2, 0.25) is 6.04 Å². The standard InChI is InChI=1S/C15H25NO2/c1-4-6-7-8-12-15(16(17)18)13-9-11-14(3)10-5-2/h14-15H,1,3,5,7-13H2,2H3. The lowest BCUT2D eigenvalue weighted by molar-refractivity contribution is -0.524. The molecule has 0 spiro atoms. The van der Waals surface area contributed by atoms with Crippen LogP contribution in [0.1, 0.15) is 58.3 Å². The summed E-state index contributed by atoms with van der Waals surface area (Å²) in [7, 11) is 0. The smallest absolute Gasteiger partial charge is 0.213 e. The molecule has 0 fully saturated rings. The Morgan fingerprint density at radius 1 is 1.22 bits per heavy atom. The van der Waals surface area contributed by atoms with E-state index in [0.29, 0.717) is 25.2 Å². The molecule has 0 aromatic heterocycles. The molecule has 0 saturated heterocycles. The Hall–Kier alpha value is -1.04. The minimum atomic E-state index is -0.412. The lowest BCUT2D eigenvalue weighted by Crippen LogP contribution is -2.19. The number of nitro groups is 1. The highest BCUT2D eigenvalue weighted by atomic mass is 16.6. The van der Waals surface area contributed by atoms with Gasteiger partial charge in [0.15, 0.2) is 0 Å². The van der Waals surface area contributed by atoms with Crippen molar-refractivity contribution in [3.8, 4) is 11.8 Å². The van der Waals surface area contributed by atoms with Crippen LogP contribution in [0.2, 0.25) is 0 Å². The molecule has 0 aliphatic rings. The van der Waals surface area contributed by atoms with Crippen LogP contribution in [-0.2, 0) is 0 Å². The topological polar surface area (TPSA) is 43.1 Å². The molecule has 2 atom stereocenters. The Labute approximate surface area is 112 Å². The molecule has 0 rings (SSSR count). The Morgan fingerprint density at radius 2 is 1.89 bits per heavy atom. The van der Waals surface area contributed by atoms with Crippen LogP contribution in [-0.4, -0.2) is 11.0 Å². The Kier molecular flexibility index (Phi) is 10.4. The molecule has 3 heteroatoms. The fourth-order valence-electron chi connectivity index (χ4n) is 2.06. The third-order valence-corrected chi connectivity index (χ3v) is 3.11. The van der Waals surface area contributed by atoms with Crippen molar-refractivity contribution < 1.29 is 4.92 Å². The van der Waals surface area contributed by atoms with E-state index in [-0.39, 0.29) is 4.92 Å². The number of hydrogen-bond donors (Lipinski definition) is 0. The molecule has 2 unspecified atom stereocenters. The fourth-order valence-corrected chi connectivity index (χ4v) is 2.06. The largest absolute Gasteiger partial charge is 0.264 e. The van der Waals surface area contributed by atoms with E-state index < -0.39 is 6.04 Å². The SMILES string of the molecule is [CH2]C#CCCCC(CCCC([CH2])CCC)[N+](=O)[O-]. The summed E-state index contributed by atoms with van der Waals surface area (Å²) in [4.78, 5) is 10.8. The Morgan fingerprint density at radius 3 is 2.44 bits per heavy atom. The van der Waals surface area contributed by atoms with Gasteiger partial charge in [0, 0.05) is 31.1 Å². The molecule has 0 amide bonds. The maximum Gasteiger partial charge on any atom is 0.213 e. The van der Waals surface area contributed by atoms with Gasteiger partial charge in [-0.05, 0) is 18.8 Å². The van der Waals surface area contributed by atoms with E-state index in [4.69, 9.17) is 0 Å². The van der Waals surface area contributed by atoms with Gasteiger partial charge in [-0.1, -0.05) is 33.1 Å². The molecule has 2 radical (unpaired) electrons. The molecule has 102 valence electrons. The van der Waals surface area contributed by atoms with Gasteiger partial charge in [0.25, 0.3) is 0 Å². The van der Waals surface area contributed by atoms with Gasteiger partial charge in [-0.3, -0.25) is 10.1 Å². The normalized spacial score (nSPS) is 13.5. The van der Waals surface area contributed by atoms with Crippen molar-refractivity contribution >= 4 is 0 Å². The Balaban J connectivity index is 3.82. The van der Waals surface area contributed by atoms with Crippen molar-refractivity contribution in [1.82, 2.24) is 0 Å². The average Bonchev–Trinajstić information content (AvgIpc) is 2.32.